The molecule has 0 rings (SSSR count). The molecule has 0 spiro atoms. The Morgan fingerprint density at radius 1 is 1.19 bits per heavy atom. The van der Waals surface area contributed by atoms with Crippen LogP contribution in [0, 0.1) is 11.8 Å². The number of allylic oxidation sites excluding steroid dienone is 2. The normalized spacial score (nSPS) is 14.9. The number of aliphatic carboxylic acids is 2. The molecular weight excluding hydrogens is 208 g/mol. The molecule has 0 aromatic carbocycles. The zero-order chi connectivity index (χ0) is 12.6. The van der Waals surface area contributed by atoms with Crippen molar-refractivity contribution < 1.29 is 19.8 Å². The Balaban J connectivity index is 4.10. The molecule has 0 bridgehead atoms. The monoisotopic (exact) mass is 228 g/mol. The number of hydrogen-bond acceptors (Lipinski definition) is 2. The molecule has 0 fully saturated rings. The summed E-state index contributed by atoms with van der Waals surface area (Å²) in [6.07, 6.45) is 6.93. The number of rotatable bonds is 8. The van der Waals surface area contributed by atoms with Crippen LogP contribution in [0.1, 0.15) is 39.5 Å². The second-order valence-corrected chi connectivity index (χ2v) is 3.88. The lowest BCUT2D eigenvalue weighted by molar-refractivity contribution is -0.153. The number of carboxylic acid groups (broad SMARTS) is 2. The highest BCUT2D eigenvalue weighted by Crippen LogP contribution is 2.19. The highest BCUT2D eigenvalue weighted by atomic mass is 16.4. The van der Waals surface area contributed by atoms with E-state index >= 15 is 0 Å². The van der Waals surface area contributed by atoms with Gasteiger partial charge < -0.3 is 10.2 Å². The van der Waals surface area contributed by atoms with Crippen molar-refractivity contribution in [1.82, 2.24) is 0 Å². The van der Waals surface area contributed by atoms with E-state index in [2.05, 4.69) is 0 Å². The summed E-state index contributed by atoms with van der Waals surface area (Å²) in [6, 6.07) is 0. The average molecular weight is 228 g/mol. The maximum atomic E-state index is 10.9. The van der Waals surface area contributed by atoms with Crippen LogP contribution in [-0.2, 0) is 9.59 Å². The minimum absolute atomic E-state index is 0.414. The molecule has 0 aromatic heterocycles. The molecule has 0 amide bonds. The van der Waals surface area contributed by atoms with Gasteiger partial charge in [-0.05, 0) is 25.7 Å². The van der Waals surface area contributed by atoms with E-state index in [4.69, 9.17) is 10.2 Å². The highest BCUT2D eigenvalue weighted by molar-refractivity contribution is 5.79. The van der Waals surface area contributed by atoms with Crippen LogP contribution in [-0.4, -0.2) is 22.2 Å². The van der Waals surface area contributed by atoms with Gasteiger partial charge in [0.05, 0.1) is 11.8 Å². The van der Waals surface area contributed by atoms with E-state index in [0.29, 0.717) is 12.8 Å². The van der Waals surface area contributed by atoms with Crippen molar-refractivity contribution in [3.8, 4) is 0 Å². The fourth-order valence-corrected chi connectivity index (χ4v) is 1.50. The first-order valence-corrected chi connectivity index (χ1v) is 5.61. The zero-order valence-electron chi connectivity index (χ0n) is 9.85. The van der Waals surface area contributed by atoms with Crippen molar-refractivity contribution in [1.29, 1.82) is 0 Å². The van der Waals surface area contributed by atoms with Crippen molar-refractivity contribution in [2.24, 2.45) is 11.8 Å². The molecule has 2 atom stereocenters. The molecule has 92 valence electrons. The van der Waals surface area contributed by atoms with Gasteiger partial charge in [-0.1, -0.05) is 26.0 Å². The molecule has 2 N–H and O–H groups in total. The summed E-state index contributed by atoms with van der Waals surface area (Å²) < 4.78 is 0. The summed E-state index contributed by atoms with van der Waals surface area (Å²) in [4.78, 5) is 21.6. The van der Waals surface area contributed by atoms with Crippen LogP contribution in [0.25, 0.3) is 0 Å². The number of hydrogen-bond donors (Lipinski definition) is 2. The second kappa shape index (κ2) is 7.91. The van der Waals surface area contributed by atoms with E-state index in [-0.39, 0.29) is 0 Å². The third-order valence-corrected chi connectivity index (χ3v) is 2.60. The summed E-state index contributed by atoms with van der Waals surface area (Å²) in [7, 11) is 0. The van der Waals surface area contributed by atoms with Crippen LogP contribution in [0.15, 0.2) is 12.2 Å². The predicted molar refractivity (Wildman–Crippen MR) is 61.2 cm³/mol. The summed E-state index contributed by atoms with van der Waals surface area (Å²) in [5, 5.41) is 17.7. The van der Waals surface area contributed by atoms with Crippen molar-refractivity contribution in [3.63, 3.8) is 0 Å². The topological polar surface area (TPSA) is 74.6 Å². The third-order valence-electron chi connectivity index (χ3n) is 2.60. The van der Waals surface area contributed by atoms with E-state index < -0.39 is 23.8 Å². The lowest BCUT2D eigenvalue weighted by Crippen LogP contribution is -2.27. The van der Waals surface area contributed by atoms with Gasteiger partial charge in [0.1, 0.15) is 0 Å². The van der Waals surface area contributed by atoms with Crippen molar-refractivity contribution in [2.45, 2.75) is 39.5 Å². The average Bonchev–Trinajstić information content (AvgIpc) is 2.21. The quantitative estimate of drug-likeness (QED) is 0.494. The van der Waals surface area contributed by atoms with Crippen LogP contribution < -0.4 is 0 Å². The van der Waals surface area contributed by atoms with Crippen LogP contribution in [0.2, 0.25) is 0 Å². The minimum atomic E-state index is -1.04. The lowest BCUT2D eigenvalue weighted by Gasteiger charge is -2.15. The van der Waals surface area contributed by atoms with E-state index in [1.54, 1.807) is 0 Å². The molecule has 0 saturated carbocycles. The molecule has 0 heterocycles. The third kappa shape index (κ3) is 5.53. The Labute approximate surface area is 96.0 Å². The summed E-state index contributed by atoms with van der Waals surface area (Å²) >= 11 is 0. The van der Waals surface area contributed by atoms with Gasteiger partial charge in [-0.15, -0.1) is 0 Å². The molecule has 0 aliphatic heterocycles. The maximum absolute atomic E-state index is 10.9. The Bertz CT molecular complexity index is 258. The van der Waals surface area contributed by atoms with Gasteiger partial charge in [0, 0.05) is 0 Å². The molecule has 0 radical (unpaired) electrons. The summed E-state index contributed by atoms with van der Waals surface area (Å²) in [6.45, 7) is 3.48. The standard InChI is InChI=1S/C12H20O4/c1-3-4-5-6-7-8-10(12(15)16)9(2)11(13)14/h4-5,9-10H,3,6-8H2,1-2H3,(H,13,14)(H,15,16). The molecule has 4 heteroatoms. The Morgan fingerprint density at radius 2 is 1.81 bits per heavy atom. The Morgan fingerprint density at radius 3 is 2.25 bits per heavy atom. The Hall–Kier alpha value is -1.32. The first-order valence-electron chi connectivity index (χ1n) is 5.61. The molecule has 2 unspecified atom stereocenters. The van der Waals surface area contributed by atoms with E-state index in [1.807, 2.05) is 19.1 Å². The maximum Gasteiger partial charge on any atom is 0.307 e. The second-order valence-electron chi connectivity index (χ2n) is 3.88. The molecule has 0 aliphatic carbocycles. The highest BCUT2D eigenvalue weighted by Gasteiger charge is 2.28. The van der Waals surface area contributed by atoms with Crippen LogP contribution in [0.4, 0.5) is 0 Å². The predicted octanol–water partition coefficient (Wildman–Crippen LogP) is 2.54. The smallest absolute Gasteiger partial charge is 0.307 e. The van der Waals surface area contributed by atoms with Gasteiger partial charge in [-0.25, -0.2) is 0 Å². The lowest BCUT2D eigenvalue weighted by atomic mass is 9.89. The molecule has 0 saturated heterocycles. The largest absolute Gasteiger partial charge is 0.481 e. The fraction of sp³-hybridized carbons (Fsp3) is 0.667. The van der Waals surface area contributed by atoms with Gasteiger partial charge in [0.25, 0.3) is 0 Å². The number of carboxylic acids is 2. The fourth-order valence-electron chi connectivity index (χ4n) is 1.50. The van der Waals surface area contributed by atoms with Crippen molar-refractivity contribution in [3.05, 3.63) is 12.2 Å². The van der Waals surface area contributed by atoms with Gasteiger partial charge in [-0.2, -0.15) is 0 Å². The van der Waals surface area contributed by atoms with Gasteiger partial charge in [0.15, 0.2) is 0 Å². The van der Waals surface area contributed by atoms with Gasteiger partial charge in [-0.3, -0.25) is 9.59 Å². The van der Waals surface area contributed by atoms with Crippen LogP contribution in [0.3, 0.4) is 0 Å². The van der Waals surface area contributed by atoms with E-state index in [0.717, 1.165) is 12.8 Å². The first-order chi connectivity index (χ1) is 7.50. The van der Waals surface area contributed by atoms with E-state index in [1.165, 1.54) is 6.92 Å². The molecular formula is C12H20O4. The van der Waals surface area contributed by atoms with Crippen molar-refractivity contribution >= 4 is 11.9 Å². The first kappa shape index (κ1) is 14.7. The minimum Gasteiger partial charge on any atom is -0.481 e. The molecule has 0 aromatic rings. The van der Waals surface area contributed by atoms with E-state index in [9.17, 15) is 9.59 Å². The van der Waals surface area contributed by atoms with Crippen LogP contribution in [0.5, 0.6) is 0 Å². The molecule has 4 nitrogen and oxygen atoms in total. The number of unbranched alkanes of at least 4 members (excludes halogenated alkanes) is 1. The van der Waals surface area contributed by atoms with Gasteiger partial charge in [0.2, 0.25) is 0 Å². The molecule has 0 aliphatic rings. The zero-order valence-corrected chi connectivity index (χ0v) is 9.85. The van der Waals surface area contributed by atoms with Crippen molar-refractivity contribution in [2.75, 3.05) is 0 Å². The SMILES string of the molecule is CCC=CCCCC(C(=O)O)C(C)C(=O)O. The number of carbonyl (C=O) groups is 2. The van der Waals surface area contributed by atoms with Crippen LogP contribution >= 0.6 is 0 Å². The Kier molecular flexibility index (Phi) is 7.25. The summed E-state index contributed by atoms with van der Waals surface area (Å²) in [5.74, 6) is -3.67. The molecule has 16 heavy (non-hydrogen) atoms. The summed E-state index contributed by atoms with van der Waals surface area (Å²) in [5.41, 5.74) is 0. The van der Waals surface area contributed by atoms with Gasteiger partial charge >= 0.3 is 11.9 Å².